The number of pyridine rings is 3. The molecule has 0 saturated carbocycles. The number of nitrogens with two attached hydrogens (primary N) is 1. The summed E-state index contributed by atoms with van der Waals surface area (Å²) in [5, 5.41) is 5.45. The van der Waals surface area contributed by atoms with Crippen LogP contribution in [0, 0.1) is 5.82 Å². The molecule has 5 aromatic rings. The van der Waals surface area contributed by atoms with Crippen LogP contribution in [0.5, 0.6) is 0 Å². The van der Waals surface area contributed by atoms with E-state index in [4.69, 9.17) is 10.5 Å². The summed E-state index contributed by atoms with van der Waals surface area (Å²) in [6, 6.07) is 12.2. The molecule has 0 radical (unpaired) electrons. The lowest BCUT2D eigenvalue weighted by Gasteiger charge is -2.26. The number of halogens is 1. The number of aryl methyl sites for hydroxylation is 1. The van der Waals surface area contributed by atoms with Crippen molar-refractivity contribution in [2.75, 3.05) is 38.6 Å². The number of ether oxygens (including phenoxy) is 1. The molecule has 0 aliphatic carbocycles. The third kappa shape index (κ3) is 5.11. The molecule has 0 atom stereocenters. The summed E-state index contributed by atoms with van der Waals surface area (Å²) in [4.78, 5) is 16.1. The van der Waals surface area contributed by atoms with Gasteiger partial charge in [-0.25, -0.2) is 14.4 Å². The van der Waals surface area contributed by atoms with Crippen LogP contribution in [-0.4, -0.2) is 62.5 Å². The number of benzene rings is 1. The Morgan fingerprint density at radius 3 is 2.68 bits per heavy atom. The molecule has 1 aliphatic rings. The fraction of sp³-hybridized carbons (Fsp3) is 0.241. The van der Waals surface area contributed by atoms with Crippen molar-refractivity contribution >= 4 is 16.7 Å². The van der Waals surface area contributed by atoms with Crippen molar-refractivity contribution in [3.63, 3.8) is 0 Å². The van der Waals surface area contributed by atoms with Gasteiger partial charge in [0.1, 0.15) is 5.82 Å². The van der Waals surface area contributed by atoms with E-state index in [1.807, 2.05) is 41.5 Å². The third-order valence-corrected chi connectivity index (χ3v) is 6.86. The van der Waals surface area contributed by atoms with Crippen LogP contribution in [0.15, 0.2) is 73.4 Å². The van der Waals surface area contributed by atoms with Crippen molar-refractivity contribution in [3.05, 3.63) is 79.3 Å². The molecular weight excluding hydrogens is 481 g/mol. The first-order valence-electron chi connectivity index (χ1n) is 12.7. The number of morpholine rings is 1. The zero-order valence-electron chi connectivity index (χ0n) is 20.9. The highest BCUT2D eigenvalue weighted by atomic mass is 19.1. The van der Waals surface area contributed by atoms with E-state index < -0.39 is 0 Å². The van der Waals surface area contributed by atoms with Gasteiger partial charge in [0.2, 0.25) is 0 Å². The van der Waals surface area contributed by atoms with Crippen LogP contribution in [0.25, 0.3) is 44.5 Å². The minimum absolute atomic E-state index is 0.371. The van der Waals surface area contributed by atoms with E-state index in [9.17, 15) is 4.39 Å². The van der Waals surface area contributed by atoms with Crippen LogP contribution >= 0.6 is 0 Å². The Morgan fingerprint density at radius 1 is 0.921 bits per heavy atom. The Hall–Kier alpha value is -4.21. The van der Waals surface area contributed by atoms with Crippen molar-refractivity contribution < 1.29 is 9.13 Å². The highest BCUT2D eigenvalue weighted by Crippen LogP contribution is 2.34. The summed E-state index contributed by atoms with van der Waals surface area (Å²) in [6.07, 6.45) is 10.3. The Kier molecular flexibility index (Phi) is 6.76. The number of fused-ring (bicyclic) bond motifs is 1. The summed E-state index contributed by atoms with van der Waals surface area (Å²) in [5.74, 6) is -0.371. The molecular formula is C29H28FN7O. The van der Waals surface area contributed by atoms with Crippen LogP contribution in [-0.2, 0) is 11.3 Å². The maximum absolute atomic E-state index is 14.1. The van der Waals surface area contributed by atoms with E-state index in [1.54, 1.807) is 12.3 Å². The van der Waals surface area contributed by atoms with Gasteiger partial charge in [0, 0.05) is 84.3 Å². The molecule has 0 amide bonds. The zero-order valence-corrected chi connectivity index (χ0v) is 20.9. The highest BCUT2D eigenvalue weighted by Gasteiger charge is 2.15. The Labute approximate surface area is 219 Å². The molecule has 1 fully saturated rings. The van der Waals surface area contributed by atoms with Crippen LogP contribution in [0.4, 0.5) is 10.1 Å². The van der Waals surface area contributed by atoms with Gasteiger partial charge >= 0.3 is 0 Å². The standard InChI is InChI=1S/C29H28FN7O/c30-23-4-5-27(31)26(14-23)28-15-25(24-3-1-6-33-29(24)35-28)21-13-20(16-32-17-21)22-18-34-37(19-22)8-2-7-36-9-11-38-12-10-36/h1,3-6,13-19H,2,7-12,31H2. The van der Waals surface area contributed by atoms with Gasteiger partial charge < -0.3 is 10.5 Å². The average Bonchev–Trinajstić information content (AvgIpc) is 3.43. The van der Waals surface area contributed by atoms with Crippen molar-refractivity contribution in [1.29, 1.82) is 0 Å². The van der Waals surface area contributed by atoms with E-state index in [1.165, 1.54) is 12.1 Å². The quantitative estimate of drug-likeness (QED) is 0.319. The molecule has 8 nitrogen and oxygen atoms in total. The van der Waals surface area contributed by atoms with Crippen LogP contribution in [0.2, 0.25) is 0 Å². The van der Waals surface area contributed by atoms with Crippen LogP contribution in [0.1, 0.15) is 6.42 Å². The Bertz CT molecular complexity index is 1580. The molecule has 5 heterocycles. The molecule has 9 heteroatoms. The van der Waals surface area contributed by atoms with Gasteiger partial charge in [-0.15, -0.1) is 0 Å². The van der Waals surface area contributed by atoms with Crippen LogP contribution in [0.3, 0.4) is 0 Å². The second kappa shape index (κ2) is 10.6. The molecule has 4 aromatic heterocycles. The van der Waals surface area contributed by atoms with Gasteiger partial charge in [-0.2, -0.15) is 5.10 Å². The number of hydrogen-bond donors (Lipinski definition) is 1. The lowest BCUT2D eigenvalue weighted by molar-refractivity contribution is 0.0368. The first-order chi connectivity index (χ1) is 18.6. The highest BCUT2D eigenvalue weighted by molar-refractivity contribution is 5.96. The summed E-state index contributed by atoms with van der Waals surface area (Å²) in [6.45, 7) is 5.51. The predicted octanol–water partition coefficient (Wildman–Crippen LogP) is 4.67. The second-order valence-electron chi connectivity index (χ2n) is 9.42. The van der Waals surface area contributed by atoms with Crippen molar-refractivity contribution in [1.82, 2.24) is 29.6 Å². The largest absolute Gasteiger partial charge is 0.398 e. The molecule has 1 aliphatic heterocycles. The van der Waals surface area contributed by atoms with Gasteiger partial charge in [0.25, 0.3) is 0 Å². The Morgan fingerprint density at radius 2 is 1.79 bits per heavy atom. The SMILES string of the molecule is Nc1ccc(F)cc1-c1cc(-c2cncc(-c3cnn(CCCN4CCOCC4)c3)c2)c2cccnc2n1. The second-order valence-corrected chi connectivity index (χ2v) is 9.42. The molecule has 38 heavy (non-hydrogen) atoms. The summed E-state index contributed by atoms with van der Waals surface area (Å²) >= 11 is 0. The normalized spacial score (nSPS) is 14.2. The van der Waals surface area contributed by atoms with Gasteiger partial charge in [-0.1, -0.05) is 0 Å². The van der Waals surface area contributed by atoms with E-state index in [2.05, 4.69) is 37.2 Å². The molecule has 1 aromatic carbocycles. The first-order valence-corrected chi connectivity index (χ1v) is 12.7. The monoisotopic (exact) mass is 509 g/mol. The molecule has 1 saturated heterocycles. The van der Waals surface area contributed by atoms with Crippen molar-refractivity contribution in [2.45, 2.75) is 13.0 Å². The maximum atomic E-state index is 14.1. The van der Waals surface area contributed by atoms with E-state index in [-0.39, 0.29) is 5.82 Å². The summed E-state index contributed by atoms with van der Waals surface area (Å²) < 4.78 is 21.5. The van der Waals surface area contributed by atoms with E-state index >= 15 is 0 Å². The topological polar surface area (TPSA) is 95.0 Å². The Balaban J connectivity index is 1.30. The fourth-order valence-electron chi connectivity index (χ4n) is 4.85. The summed E-state index contributed by atoms with van der Waals surface area (Å²) in [5.41, 5.74) is 12.0. The van der Waals surface area contributed by atoms with E-state index in [0.29, 0.717) is 22.6 Å². The molecule has 192 valence electrons. The van der Waals surface area contributed by atoms with Crippen molar-refractivity contribution in [2.24, 2.45) is 0 Å². The summed E-state index contributed by atoms with van der Waals surface area (Å²) in [7, 11) is 0. The fourth-order valence-corrected chi connectivity index (χ4v) is 4.85. The van der Waals surface area contributed by atoms with Crippen LogP contribution < -0.4 is 5.73 Å². The average molecular weight is 510 g/mol. The van der Waals surface area contributed by atoms with Gasteiger partial charge in [0.15, 0.2) is 5.65 Å². The van der Waals surface area contributed by atoms with Gasteiger partial charge in [-0.3, -0.25) is 14.6 Å². The minimum Gasteiger partial charge on any atom is -0.398 e. The lowest BCUT2D eigenvalue weighted by Crippen LogP contribution is -2.37. The first kappa shape index (κ1) is 24.1. The third-order valence-electron chi connectivity index (χ3n) is 6.86. The number of aromatic nitrogens is 5. The number of nitrogens with zero attached hydrogens (tertiary/aromatic N) is 6. The number of anilines is 1. The predicted molar refractivity (Wildman–Crippen MR) is 146 cm³/mol. The lowest BCUT2D eigenvalue weighted by atomic mass is 9.98. The van der Waals surface area contributed by atoms with Crippen molar-refractivity contribution in [3.8, 4) is 33.5 Å². The number of hydrogen-bond acceptors (Lipinski definition) is 7. The molecule has 0 bridgehead atoms. The minimum atomic E-state index is -0.371. The molecule has 6 rings (SSSR count). The number of rotatable bonds is 7. The smallest absolute Gasteiger partial charge is 0.160 e. The van der Waals surface area contributed by atoms with Gasteiger partial charge in [-0.05, 0) is 54.4 Å². The molecule has 2 N–H and O–H groups in total. The molecule has 0 unspecified atom stereocenters. The maximum Gasteiger partial charge on any atom is 0.160 e. The number of nitrogen functional groups attached to an aromatic ring is 1. The van der Waals surface area contributed by atoms with E-state index in [0.717, 1.165) is 73.5 Å². The van der Waals surface area contributed by atoms with Gasteiger partial charge in [0.05, 0.1) is 25.1 Å². The zero-order chi connectivity index (χ0) is 25.9. The molecule has 0 spiro atoms.